The molecular formula is C16H20N4O4. The number of aryl methyl sites for hydroxylation is 1. The van der Waals surface area contributed by atoms with Crippen molar-refractivity contribution in [1.29, 1.82) is 0 Å². The number of carbonyl (C=O) groups is 2. The van der Waals surface area contributed by atoms with Crippen LogP contribution in [0.2, 0.25) is 0 Å². The third-order valence-corrected chi connectivity index (χ3v) is 3.34. The molecule has 1 aromatic carbocycles. The molecule has 1 heterocycles. The zero-order chi connectivity index (χ0) is 17.5. The van der Waals surface area contributed by atoms with Crippen LogP contribution in [0.4, 0.5) is 0 Å². The van der Waals surface area contributed by atoms with Gasteiger partial charge in [-0.25, -0.2) is 9.48 Å². The first kappa shape index (κ1) is 17.5. The molecule has 0 fully saturated rings. The second kappa shape index (κ2) is 8.09. The summed E-state index contributed by atoms with van der Waals surface area (Å²) in [6.45, 7) is 4.22. The van der Waals surface area contributed by atoms with Crippen LogP contribution in [-0.2, 0) is 11.3 Å². The van der Waals surface area contributed by atoms with E-state index in [0.29, 0.717) is 6.54 Å². The predicted molar refractivity (Wildman–Crippen MR) is 85.9 cm³/mol. The van der Waals surface area contributed by atoms with E-state index < -0.39 is 5.97 Å². The number of aromatic carboxylic acids is 1. The number of amides is 1. The molecule has 0 aliphatic heterocycles. The quantitative estimate of drug-likeness (QED) is 0.754. The smallest absolute Gasteiger partial charge is 0.358 e. The first-order valence-corrected chi connectivity index (χ1v) is 7.61. The fourth-order valence-corrected chi connectivity index (χ4v) is 2.05. The van der Waals surface area contributed by atoms with E-state index in [-0.39, 0.29) is 24.2 Å². The molecule has 0 radical (unpaired) electrons. The Kier molecular flexibility index (Phi) is 5.89. The maximum Gasteiger partial charge on any atom is 0.358 e. The van der Waals surface area contributed by atoms with Crippen LogP contribution in [0.5, 0.6) is 5.75 Å². The molecule has 0 aliphatic carbocycles. The van der Waals surface area contributed by atoms with Crippen LogP contribution in [-0.4, -0.2) is 44.6 Å². The Morgan fingerprint density at radius 1 is 1.42 bits per heavy atom. The van der Waals surface area contributed by atoms with E-state index in [1.165, 1.54) is 10.9 Å². The van der Waals surface area contributed by atoms with Gasteiger partial charge in [0.2, 0.25) is 5.91 Å². The first-order chi connectivity index (χ1) is 11.5. The Bertz CT molecular complexity index is 714. The van der Waals surface area contributed by atoms with Crippen LogP contribution in [0, 0.1) is 6.92 Å². The summed E-state index contributed by atoms with van der Waals surface area (Å²) < 4.78 is 7.04. The van der Waals surface area contributed by atoms with E-state index in [0.717, 1.165) is 17.7 Å². The Morgan fingerprint density at radius 2 is 2.21 bits per heavy atom. The summed E-state index contributed by atoms with van der Waals surface area (Å²) >= 11 is 0. The van der Waals surface area contributed by atoms with Crippen molar-refractivity contribution in [3.8, 4) is 5.75 Å². The molecule has 24 heavy (non-hydrogen) atoms. The maximum atomic E-state index is 11.9. The Labute approximate surface area is 139 Å². The number of aromatic nitrogens is 3. The average Bonchev–Trinajstić information content (AvgIpc) is 3.00. The van der Waals surface area contributed by atoms with Gasteiger partial charge in [-0.05, 0) is 31.0 Å². The lowest BCUT2D eigenvalue weighted by Crippen LogP contribution is -2.36. The van der Waals surface area contributed by atoms with E-state index in [9.17, 15) is 9.59 Å². The molecule has 0 saturated carbocycles. The summed E-state index contributed by atoms with van der Waals surface area (Å²) in [6.07, 6.45) is 1.80. The van der Waals surface area contributed by atoms with Crippen LogP contribution in [0.25, 0.3) is 0 Å². The van der Waals surface area contributed by atoms with Gasteiger partial charge in [0, 0.05) is 0 Å². The van der Waals surface area contributed by atoms with E-state index >= 15 is 0 Å². The SMILES string of the molecule is CCC(CNC(=O)Cn1cc(C(=O)O)nn1)Oc1cccc(C)c1. The lowest BCUT2D eigenvalue weighted by Gasteiger charge is -2.18. The first-order valence-electron chi connectivity index (χ1n) is 7.61. The van der Waals surface area contributed by atoms with Gasteiger partial charge in [0.15, 0.2) is 5.69 Å². The number of benzene rings is 1. The molecule has 0 saturated heterocycles. The van der Waals surface area contributed by atoms with Crippen molar-refractivity contribution in [3.63, 3.8) is 0 Å². The van der Waals surface area contributed by atoms with Gasteiger partial charge >= 0.3 is 5.97 Å². The summed E-state index contributed by atoms with van der Waals surface area (Å²) in [6, 6.07) is 7.72. The van der Waals surface area contributed by atoms with Gasteiger partial charge in [0.25, 0.3) is 0 Å². The molecule has 8 heteroatoms. The summed E-state index contributed by atoms with van der Waals surface area (Å²) in [5.74, 6) is -0.708. The molecular weight excluding hydrogens is 312 g/mol. The molecule has 2 rings (SSSR count). The normalized spacial score (nSPS) is 11.8. The molecule has 2 N–H and O–H groups in total. The number of hydrogen-bond acceptors (Lipinski definition) is 5. The van der Waals surface area contributed by atoms with Crippen LogP contribution in [0.1, 0.15) is 29.4 Å². The average molecular weight is 332 g/mol. The molecule has 0 aliphatic rings. The number of hydrogen-bond donors (Lipinski definition) is 2. The highest BCUT2D eigenvalue weighted by Gasteiger charge is 2.13. The number of carbonyl (C=O) groups excluding carboxylic acids is 1. The second-order valence-electron chi connectivity index (χ2n) is 5.38. The van der Waals surface area contributed by atoms with Crippen LogP contribution in [0.15, 0.2) is 30.5 Å². The molecule has 128 valence electrons. The molecule has 1 unspecified atom stereocenters. The molecule has 2 aromatic rings. The number of carboxylic acids is 1. The van der Waals surface area contributed by atoms with Gasteiger partial charge in [-0.1, -0.05) is 24.3 Å². The van der Waals surface area contributed by atoms with Crippen molar-refractivity contribution in [1.82, 2.24) is 20.3 Å². The minimum atomic E-state index is -1.18. The van der Waals surface area contributed by atoms with Crippen molar-refractivity contribution >= 4 is 11.9 Å². The molecule has 1 aromatic heterocycles. The van der Waals surface area contributed by atoms with Gasteiger partial charge < -0.3 is 15.2 Å². The van der Waals surface area contributed by atoms with Gasteiger partial charge in [0.05, 0.1) is 12.7 Å². The lowest BCUT2D eigenvalue weighted by atomic mass is 10.2. The summed E-state index contributed by atoms with van der Waals surface area (Å²) in [7, 11) is 0. The second-order valence-corrected chi connectivity index (χ2v) is 5.38. The van der Waals surface area contributed by atoms with Gasteiger partial charge in [-0.3, -0.25) is 4.79 Å². The Morgan fingerprint density at radius 3 is 2.83 bits per heavy atom. The largest absolute Gasteiger partial charge is 0.489 e. The van der Waals surface area contributed by atoms with Gasteiger partial charge in [0.1, 0.15) is 18.4 Å². The zero-order valence-corrected chi connectivity index (χ0v) is 13.6. The van der Waals surface area contributed by atoms with E-state index in [1.807, 2.05) is 38.1 Å². The highest BCUT2D eigenvalue weighted by Crippen LogP contribution is 2.15. The van der Waals surface area contributed by atoms with Crippen molar-refractivity contribution in [2.75, 3.05) is 6.54 Å². The highest BCUT2D eigenvalue weighted by atomic mass is 16.5. The lowest BCUT2D eigenvalue weighted by molar-refractivity contribution is -0.122. The Balaban J connectivity index is 1.83. The van der Waals surface area contributed by atoms with Crippen LogP contribution >= 0.6 is 0 Å². The third-order valence-electron chi connectivity index (χ3n) is 3.34. The molecule has 1 amide bonds. The van der Waals surface area contributed by atoms with Crippen molar-refractivity contribution in [2.24, 2.45) is 0 Å². The number of nitrogens with zero attached hydrogens (tertiary/aromatic N) is 3. The van der Waals surface area contributed by atoms with E-state index in [1.54, 1.807) is 0 Å². The third kappa shape index (κ3) is 5.08. The van der Waals surface area contributed by atoms with Gasteiger partial charge in [-0.2, -0.15) is 0 Å². The fraction of sp³-hybridized carbons (Fsp3) is 0.375. The van der Waals surface area contributed by atoms with Gasteiger partial charge in [-0.15, -0.1) is 5.10 Å². The maximum absolute atomic E-state index is 11.9. The summed E-state index contributed by atoms with van der Waals surface area (Å²) in [5.41, 5.74) is 0.906. The van der Waals surface area contributed by atoms with E-state index in [2.05, 4.69) is 15.6 Å². The van der Waals surface area contributed by atoms with Crippen molar-refractivity contribution in [3.05, 3.63) is 41.7 Å². The Hall–Kier alpha value is -2.90. The van der Waals surface area contributed by atoms with Crippen LogP contribution in [0.3, 0.4) is 0 Å². The van der Waals surface area contributed by atoms with Crippen molar-refractivity contribution in [2.45, 2.75) is 32.9 Å². The molecule has 0 spiro atoms. The number of ether oxygens (including phenoxy) is 1. The number of carboxylic acid groups (broad SMARTS) is 1. The minimum Gasteiger partial charge on any atom is -0.489 e. The monoisotopic (exact) mass is 332 g/mol. The fourth-order valence-electron chi connectivity index (χ4n) is 2.05. The molecule has 0 bridgehead atoms. The summed E-state index contributed by atoms with van der Waals surface area (Å²) in [4.78, 5) is 22.6. The highest BCUT2D eigenvalue weighted by molar-refractivity contribution is 5.84. The molecule has 8 nitrogen and oxygen atoms in total. The standard InChI is InChI=1S/C16H20N4O4/c1-3-12(24-13-6-4-5-11(2)7-13)8-17-15(21)10-20-9-14(16(22)23)18-19-20/h4-7,9,12H,3,8,10H2,1-2H3,(H,17,21)(H,22,23). The predicted octanol–water partition coefficient (Wildman–Crippen LogP) is 1.26. The van der Waals surface area contributed by atoms with Crippen LogP contribution < -0.4 is 10.1 Å². The topological polar surface area (TPSA) is 106 Å². The molecule has 1 atom stereocenters. The number of rotatable bonds is 8. The zero-order valence-electron chi connectivity index (χ0n) is 13.6. The minimum absolute atomic E-state index is 0.0961. The summed E-state index contributed by atoms with van der Waals surface area (Å²) in [5, 5.41) is 18.6. The van der Waals surface area contributed by atoms with Crippen molar-refractivity contribution < 1.29 is 19.4 Å². The van der Waals surface area contributed by atoms with E-state index in [4.69, 9.17) is 9.84 Å². The number of nitrogens with one attached hydrogen (secondary N) is 1.